The van der Waals surface area contributed by atoms with E-state index in [1.54, 1.807) is 47.2 Å². The van der Waals surface area contributed by atoms with Crippen molar-refractivity contribution in [1.29, 1.82) is 0 Å². The summed E-state index contributed by atoms with van der Waals surface area (Å²) in [5, 5.41) is 55.6. The minimum atomic E-state index is -1.61. The molecule has 24 N–H and O–H groups in total. The van der Waals surface area contributed by atoms with Crippen LogP contribution in [0.4, 0.5) is 11.4 Å². The van der Waals surface area contributed by atoms with E-state index < -0.39 is 67.0 Å². The van der Waals surface area contributed by atoms with Gasteiger partial charge in [-0.05, 0) is 18.6 Å². The summed E-state index contributed by atoms with van der Waals surface area (Å²) in [5.74, 6) is -0.580. The van der Waals surface area contributed by atoms with Gasteiger partial charge >= 0.3 is 0 Å². The Kier molecular flexibility index (Phi) is 20.3. The number of aliphatic imine (C=N–C) groups is 4. The number of hydrogen-bond acceptors (Lipinski definition) is 19. The number of guanidine groups is 4. The Balaban J connectivity index is 1.16. The third kappa shape index (κ3) is 14.4. The number of nitrogens with two attached hydrogens (primary N) is 8. The second kappa shape index (κ2) is 25.8. The lowest BCUT2D eigenvalue weighted by Crippen LogP contribution is -2.63. The Morgan fingerprint density at radius 3 is 1.81 bits per heavy atom. The average Bonchev–Trinajstić information content (AvgIpc) is 3.28. The van der Waals surface area contributed by atoms with E-state index in [0.717, 1.165) is 0 Å². The van der Waals surface area contributed by atoms with E-state index >= 15 is 0 Å². The maximum absolute atomic E-state index is 13.8. The summed E-state index contributed by atoms with van der Waals surface area (Å²) < 4.78 is 18.7. The van der Waals surface area contributed by atoms with Gasteiger partial charge in [-0.15, -0.1) is 0 Å². The van der Waals surface area contributed by atoms with E-state index in [0.29, 0.717) is 84.4 Å². The molecule has 0 amide bonds. The van der Waals surface area contributed by atoms with Crippen LogP contribution in [0.2, 0.25) is 0 Å². The SMILES string of the molecule is NC(N)=NC[C@H]1O[C@H](O[C@@H]2[C@@H](OCCSSCCNCCNc3ccc(NCCNCCO)c4c3C(=O)c3ccccc3C4=O)[C@H](O)[C@@H](N=C(N)N)C[C@H]2N=C(N)N)[C@H](N=C(N)N)[C@@H](O)[C@@H]1O. The molecule has 0 aromatic heterocycles. The van der Waals surface area contributed by atoms with Crippen LogP contribution in [0.1, 0.15) is 38.3 Å². The topological polar surface area (TPSA) is 448 Å². The zero-order chi connectivity index (χ0) is 48.6. The van der Waals surface area contributed by atoms with E-state index in [1.165, 1.54) is 10.8 Å². The fraction of sp³-hybridized carbons (Fsp3) is 0.550. The van der Waals surface area contributed by atoms with Gasteiger partial charge in [0.1, 0.15) is 42.7 Å². The van der Waals surface area contributed by atoms with Gasteiger partial charge in [0.05, 0.1) is 43.0 Å². The largest absolute Gasteiger partial charge is 0.395 e. The summed E-state index contributed by atoms with van der Waals surface area (Å²) >= 11 is 0. The van der Waals surface area contributed by atoms with Crippen molar-refractivity contribution >= 4 is 68.4 Å². The highest BCUT2D eigenvalue weighted by atomic mass is 33.1. The molecule has 1 saturated heterocycles. The molecular weight excluding hydrogens is 913 g/mol. The van der Waals surface area contributed by atoms with Crippen molar-refractivity contribution in [2.45, 2.75) is 67.5 Å². The highest BCUT2D eigenvalue weighted by Crippen LogP contribution is 2.37. The van der Waals surface area contributed by atoms with Crippen LogP contribution in [-0.2, 0) is 14.2 Å². The van der Waals surface area contributed by atoms with E-state index in [4.69, 9.17) is 65.2 Å². The monoisotopic (exact) mass is 976 g/mol. The molecule has 0 unspecified atom stereocenters. The van der Waals surface area contributed by atoms with E-state index in [9.17, 15) is 24.9 Å². The first-order valence-corrected chi connectivity index (χ1v) is 24.0. The predicted octanol–water partition coefficient (Wildman–Crippen LogP) is -4.98. The summed E-state index contributed by atoms with van der Waals surface area (Å²) in [6.45, 7) is 3.05. The normalized spacial score (nSPS) is 25.6. The lowest BCUT2D eigenvalue weighted by Gasteiger charge is -2.46. The van der Waals surface area contributed by atoms with Gasteiger partial charge < -0.3 is 102 Å². The van der Waals surface area contributed by atoms with Crippen LogP contribution < -0.4 is 67.1 Å². The standard InChI is InChI=1S/C40H64N16O9S2/c41-37(42)53-18-25-32(61)33(62)28(56-40(47)48)36(64-25)65-34-24(55-39(45)46)17-23(54-38(43)44)31(60)35(34)63-14-16-67-66-15-12-50-8-10-52-22-6-5-21(51-9-7-49-11-13-57)26-27(22)30(59)20-4-2-1-3-19(20)29(26)58/h1-6,23-25,28,31-36,49-52,57,60-62H,7-18H2,(H4,41,42,53)(H4,43,44,54)(H4,45,46,55)(H4,47,48,56)/t23-,24+,25+,28+,31+,32+,33+,34-,35-,36+/m0/s1. The number of anilines is 2. The van der Waals surface area contributed by atoms with Crippen molar-refractivity contribution < 1.29 is 44.2 Å². The first-order valence-electron chi connectivity index (χ1n) is 21.5. The quantitative estimate of drug-likeness (QED) is 0.0164. The van der Waals surface area contributed by atoms with Crippen LogP contribution in [0.3, 0.4) is 0 Å². The number of aliphatic hydroxyl groups is 4. The van der Waals surface area contributed by atoms with Crippen molar-refractivity contribution in [3.8, 4) is 0 Å². The molecule has 0 radical (unpaired) electrons. The number of hydrogen-bond donors (Lipinski definition) is 16. The lowest BCUT2D eigenvalue weighted by molar-refractivity contribution is -0.290. The van der Waals surface area contributed by atoms with Gasteiger partial charge in [-0.3, -0.25) is 14.6 Å². The molecule has 10 atom stereocenters. The van der Waals surface area contributed by atoms with Crippen LogP contribution in [-0.4, -0.2) is 187 Å². The van der Waals surface area contributed by atoms with Crippen molar-refractivity contribution in [2.24, 2.45) is 65.8 Å². The zero-order valence-electron chi connectivity index (χ0n) is 36.8. The first-order chi connectivity index (χ1) is 32.1. The average molecular weight is 977 g/mol. The van der Waals surface area contributed by atoms with Crippen LogP contribution >= 0.6 is 21.6 Å². The van der Waals surface area contributed by atoms with E-state index in [1.807, 2.05) is 0 Å². The molecule has 2 aromatic rings. The second-order valence-electron chi connectivity index (χ2n) is 15.6. The highest BCUT2D eigenvalue weighted by Gasteiger charge is 2.51. The Hall–Kier alpha value is -5.20. The summed E-state index contributed by atoms with van der Waals surface area (Å²) in [6, 6.07) is 7.21. The third-order valence-corrected chi connectivity index (χ3v) is 13.2. The molecule has 2 aliphatic carbocycles. The number of aliphatic hydroxyl groups excluding tert-OH is 4. The molecule has 1 aliphatic heterocycles. The number of nitrogens with one attached hydrogen (secondary N) is 4. The van der Waals surface area contributed by atoms with E-state index in [2.05, 4.69) is 41.2 Å². The number of carbonyl (C=O) groups is 2. The van der Waals surface area contributed by atoms with Crippen molar-refractivity contribution in [3.05, 3.63) is 58.7 Å². The van der Waals surface area contributed by atoms with Crippen LogP contribution in [0.15, 0.2) is 56.4 Å². The number of nitrogens with zero attached hydrogens (tertiary/aromatic N) is 4. The molecule has 67 heavy (non-hydrogen) atoms. The van der Waals surface area contributed by atoms with Crippen LogP contribution in [0, 0.1) is 0 Å². The van der Waals surface area contributed by atoms with Crippen molar-refractivity contribution in [3.63, 3.8) is 0 Å². The van der Waals surface area contributed by atoms with Gasteiger partial charge in [0.2, 0.25) is 0 Å². The molecule has 2 aromatic carbocycles. The Morgan fingerprint density at radius 1 is 0.672 bits per heavy atom. The van der Waals surface area contributed by atoms with Gasteiger partial charge in [0.25, 0.3) is 0 Å². The number of rotatable bonds is 25. The minimum absolute atomic E-state index is 0.000570. The number of fused-ring (bicyclic) bond motifs is 2. The van der Waals surface area contributed by atoms with Gasteiger partial charge in [0, 0.05) is 73.3 Å². The summed E-state index contributed by atoms with van der Waals surface area (Å²) in [5.41, 5.74) is 47.9. The molecule has 5 rings (SSSR count). The zero-order valence-corrected chi connectivity index (χ0v) is 38.4. The summed E-state index contributed by atoms with van der Waals surface area (Å²) in [6.07, 6.45) is -9.44. The molecule has 2 fully saturated rings. The molecular formula is C40H64N16O9S2. The maximum Gasteiger partial charge on any atom is 0.196 e. The smallest absolute Gasteiger partial charge is 0.196 e. The molecule has 3 aliphatic rings. The van der Waals surface area contributed by atoms with Crippen LogP contribution in [0.5, 0.6) is 0 Å². The fourth-order valence-corrected chi connectivity index (χ4v) is 9.65. The lowest BCUT2D eigenvalue weighted by atomic mass is 9.82. The molecule has 0 spiro atoms. The predicted molar refractivity (Wildman–Crippen MR) is 260 cm³/mol. The molecule has 27 heteroatoms. The van der Waals surface area contributed by atoms with Gasteiger partial charge in [0.15, 0.2) is 41.7 Å². The van der Waals surface area contributed by atoms with Crippen molar-refractivity contribution in [2.75, 3.05) is 81.2 Å². The molecule has 0 bridgehead atoms. The Morgan fingerprint density at radius 2 is 1.24 bits per heavy atom. The molecule has 1 saturated carbocycles. The number of benzene rings is 2. The molecule has 370 valence electrons. The van der Waals surface area contributed by atoms with Crippen molar-refractivity contribution in [1.82, 2.24) is 10.6 Å². The van der Waals surface area contributed by atoms with Gasteiger partial charge in [-0.25, -0.2) is 15.0 Å². The maximum atomic E-state index is 13.8. The fourth-order valence-electron chi connectivity index (χ4n) is 7.86. The summed E-state index contributed by atoms with van der Waals surface area (Å²) in [4.78, 5) is 43.9. The van der Waals surface area contributed by atoms with E-state index in [-0.39, 0.29) is 55.6 Å². The Bertz CT molecular complexity index is 2090. The third-order valence-electron chi connectivity index (χ3n) is 10.8. The number of ether oxygens (including phenoxy) is 3. The molecule has 25 nitrogen and oxygen atoms in total. The second-order valence-corrected chi connectivity index (χ2v) is 18.3. The summed E-state index contributed by atoms with van der Waals surface area (Å²) in [7, 11) is 3.11. The number of carbonyl (C=O) groups excluding carboxylic acids is 2. The number of ketones is 2. The minimum Gasteiger partial charge on any atom is -0.395 e. The Labute approximate surface area is 395 Å². The van der Waals surface area contributed by atoms with Crippen LogP contribution in [0.25, 0.3) is 0 Å². The van der Waals surface area contributed by atoms with Gasteiger partial charge in [-0.1, -0.05) is 45.9 Å². The first kappa shape index (κ1) is 52.8. The molecule has 1 heterocycles. The highest BCUT2D eigenvalue weighted by molar-refractivity contribution is 8.76. The van der Waals surface area contributed by atoms with Gasteiger partial charge in [-0.2, -0.15) is 0 Å².